The molecule has 2 fully saturated rings. The zero-order valence-electron chi connectivity index (χ0n) is 16.4. The van der Waals surface area contributed by atoms with Gasteiger partial charge < -0.3 is 18.9 Å². The van der Waals surface area contributed by atoms with E-state index in [0.29, 0.717) is 13.2 Å². The maximum atomic E-state index is 11.7. The molecule has 2 saturated heterocycles. The zero-order chi connectivity index (χ0) is 18.9. The van der Waals surface area contributed by atoms with Crippen molar-refractivity contribution in [2.75, 3.05) is 39.8 Å². The van der Waals surface area contributed by atoms with Gasteiger partial charge in [0.1, 0.15) is 12.4 Å². The Morgan fingerprint density at radius 3 is 2.27 bits per heavy atom. The summed E-state index contributed by atoms with van der Waals surface area (Å²) < 4.78 is 17.9. The van der Waals surface area contributed by atoms with Crippen LogP contribution in [0.25, 0.3) is 0 Å². The number of rotatable bonds is 5. The van der Waals surface area contributed by atoms with E-state index in [1.807, 2.05) is 59.0 Å². The van der Waals surface area contributed by atoms with E-state index in [9.17, 15) is 4.79 Å². The Hall–Kier alpha value is -1.57. The molecule has 1 aromatic carbocycles. The highest BCUT2D eigenvalue weighted by Gasteiger charge is 2.51. The van der Waals surface area contributed by atoms with Gasteiger partial charge in [-0.1, -0.05) is 12.1 Å². The lowest BCUT2D eigenvalue weighted by Gasteiger charge is -2.32. The molecule has 0 aliphatic carbocycles. The highest BCUT2D eigenvalue weighted by molar-refractivity contribution is 6.62. The van der Waals surface area contributed by atoms with Crippen molar-refractivity contribution >= 4 is 18.5 Å². The van der Waals surface area contributed by atoms with E-state index in [-0.39, 0.29) is 24.2 Å². The van der Waals surface area contributed by atoms with Gasteiger partial charge in [-0.15, -0.1) is 0 Å². The molecular weight excluding hydrogens is 331 g/mol. The molecule has 0 unspecified atom stereocenters. The fraction of sp³-hybridized carbons (Fsp3) is 0.632. The zero-order valence-corrected chi connectivity index (χ0v) is 16.4. The molecule has 2 heterocycles. The molecule has 6 nitrogen and oxygen atoms in total. The van der Waals surface area contributed by atoms with Crippen LogP contribution in [0.2, 0.25) is 0 Å². The third-order valence-corrected chi connectivity index (χ3v) is 5.62. The van der Waals surface area contributed by atoms with Crippen LogP contribution in [0.4, 0.5) is 0 Å². The van der Waals surface area contributed by atoms with Crippen molar-refractivity contribution in [3.05, 3.63) is 24.3 Å². The second-order valence-corrected chi connectivity index (χ2v) is 8.10. The molecule has 0 radical (unpaired) electrons. The van der Waals surface area contributed by atoms with E-state index < -0.39 is 0 Å². The first-order valence-corrected chi connectivity index (χ1v) is 9.23. The van der Waals surface area contributed by atoms with Crippen LogP contribution in [0.1, 0.15) is 27.7 Å². The molecule has 2 aliphatic rings. The molecule has 3 rings (SSSR count). The lowest BCUT2D eigenvalue weighted by molar-refractivity contribution is -0.134. The van der Waals surface area contributed by atoms with Crippen LogP contribution >= 0.6 is 0 Å². The first kappa shape index (κ1) is 19.2. The summed E-state index contributed by atoms with van der Waals surface area (Å²) in [4.78, 5) is 15.6. The van der Waals surface area contributed by atoms with Gasteiger partial charge >= 0.3 is 7.12 Å². The Kier molecular flexibility index (Phi) is 5.33. The van der Waals surface area contributed by atoms with Crippen molar-refractivity contribution in [3.63, 3.8) is 0 Å². The minimum absolute atomic E-state index is 0.169. The Morgan fingerprint density at radius 2 is 1.69 bits per heavy atom. The molecule has 2 aliphatic heterocycles. The van der Waals surface area contributed by atoms with E-state index in [4.69, 9.17) is 14.0 Å². The van der Waals surface area contributed by atoms with Crippen LogP contribution in [-0.4, -0.2) is 73.9 Å². The van der Waals surface area contributed by atoms with Crippen molar-refractivity contribution in [3.8, 4) is 5.75 Å². The lowest BCUT2D eigenvalue weighted by Crippen LogP contribution is -2.49. The van der Waals surface area contributed by atoms with Crippen LogP contribution in [0.3, 0.4) is 0 Å². The molecule has 1 amide bonds. The summed E-state index contributed by atoms with van der Waals surface area (Å²) >= 11 is 0. The Labute approximate surface area is 156 Å². The van der Waals surface area contributed by atoms with E-state index in [2.05, 4.69) is 4.90 Å². The summed E-state index contributed by atoms with van der Waals surface area (Å²) in [5.74, 6) is 0.980. The number of ether oxygens (including phenoxy) is 1. The molecule has 0 bridgehead atoms. The van der Waals surface area contributed by atoms with E-state index in [1.165, 1.54) is 0 Å². The van der Waals surface area contributed by atoms with Crippen molar-refractivity contribution in [1.29, 1.82) is 0 Å². The molecule has 1 aromatic rings. The molecular formula is C19H29BN2O4. The number of nitrogens with zero attached hydrogens (tertiary/aromatic N) is 2. The van der Waals surface area contributed by atoms with E-state index in [0.717, 1.165) is 30.8 Å². The van der Waals surface area contributed by atoms with Crippen molar-refractivity contribution in [1.82, 2.24) is 9.80 Å². The van der Waals surface area contributed by atoms with Gasteiger partial charge in [-0.05, 0) is 45.3 Å². The maximum absolute atomic E-state index is 11.7. The summed E-state index contributed by atoms with van der Waals surface area (Å²) in [6.45, 7) is 11.7. The fourth-order valence-electron chi connectivity index (χ4n) is 2.99. The van der Waals surface area contributed by atoms with Gasteiger partial charge in [0.15, 0.2) is 0 Å². The van der Waals surface area contributed by atoms with Crippen molar-refractivity contribution in [2.24, 2.45) is 0 Å². The molecule has 26 heavy (non-hydrogen) atoms. The Bertz CT molecular complexity index is 631. The van der Waals surface area contributed by atoms with Gasteiger partial charge in [0.2, 0.25) is 5.91 Å². The van der Waals surface area contributed by atoms with Crippen LogP contribution in [-0.2, 0) is 14.1 Å². The number of hydrogen-bond acceptors (Lipinski definition) is 5. The van der Waals surface area contributed by atoms with Crippen LogP contribution in [0.15, 0.2) is 24.3 Å². The van der Waals surface area contributed by atoms with Gasteiger partial charge in [-0.3, -0.25) is 9.69 Å². The van der Waals surface area contributed by atoms with E-state index >= 15 is 0 Å². The smallest absolute Gasteiger partial charge is 0.492 e. The maximum Gasteiger partial charge on any atom is 0.494 e. The largest absolute Gasteiger partial charge is 0.494 e. The molecule has 7 heteroatoms. The summed E-state index contributed by atoms with van der Waals surface area (Å²) in [5.41, 5.74) is 0.306. The molecule has 0 spiro atoms. The number of carbonyl (C=O) groups is 1. The number of piperazine rings is 1. The summed E-state index contributed by atoms with van der Waals surface area (Å²) in [5, 5.41) is 0. The van der Waals surface area contributed by atoms with E-state index in [1.54, 1.807) is 4.90 Å². The predicted octanol–water partition coefficient (Wildman–Crippen LogP) is 1.14. The van der Waals surface area contributed by atoms with Gasteiger partial charge in [0.25, 0.3) is 0 Å². The highest BCUT2D eigenvalue weighted by Crippen LogP contribution is 2.36. The normalized spacial score (nSPS) is 22.7. The lowest BCUT2D eigenvalue weighted by atomic mass is 9.79. The van der Waals surface area contributed by atoms with Crippen LogP contribution in [0, 0.1) is 0 Å². The minimum Gasteiger partial charge on any atom is -0.492 e. The van der Waals surface area contributed by atoms with Gasteiger partial charge in [0, 0.05) is 26.7 Å². The minimum atomic E-state index is -0.356. The summed E-state index contributed by atoms with van der Waals surface area (Å²) in [6.07, 6.45) is 0. The number of hydrogen-bond donors (Lipinski definition) is 0. The first-order valence-electron chi connectivity index (χ1n) is 9.23. The number of likely N-dealkylation sites (N-methyl/N-ethyl adjacent to an activating group) is 1. The average molecular weight is 360 g/mol. The standard InChI is InChI=1S/C19H29BN2O4/c1-18(2)19(3,4)26-20(25-18)15-6-8-16(9-7-15)24-13-12-22-11-10-21(5)17(23)14-22/h6-9H,10-14H2,1-5H3. The number of amides is 1. The predicted molar refractivity (Wildman–Crippen MR) is 102 cm³/mol. The second kappa shape index (κ2) is 7.21. The summed E-state index contributed by atoms with van der Waals surface area (Å²) in [7, 11) is 1.49. The SMILES string of the molecule is CN1CCN(CCOc2ccc(B3OC(C)(C)C(C)(C)O3)cc2)CC1=O. The molecule has 0 atom stereocenters. The molecule has 0 N–H and O–H groups in total. The van der Waals surface area contributed by atoms with Gasteiger partial charge in [-0.25, -0.2) is 0 Å². The van der Waals surface area contributed by atoms with Crippen molar-refractivity contribution < 1.29 is 18.8 Å². The highest BCUT2D eigenvalue weighted by atomic mass is 16.7. The van der Waals surface area contributed by atoms with Crippen LogP contribution in [0.5, 0.6) is 5.75 Å². The Morgan fingerprint density at radius 1 is 1.08 bits per heavy atom. The topological polar surface area (TPSA) is 51.2 Å². The molecule has 142 valence electrons. The third kappa shape index (κ3) is 4.05. The molecule has 0 saturated carbocycles. The molecule has 0 aromatic heterocycles. The summed E-state index contributed by atoms with van der Waals surface area (Å²) in [6, 6.07) is 7.85. The fourth-order valence-corrected chi connectivity index (χ4v) is 2.99. The number of benzene rings is 1. The van der Waals surface area contributed by atoms with Crippen molar-refractivity contribution in [2.45, 2.75) is 38.9 Å². The van der Waals surface area contributed by atoms with Crippen LogP contribution < -0.4 is 10.2 Å². The third-order valence-electron chi connectivity index (χ3n) is 5.62. The second-order valence-electron chi connectivity index (χ2n) is 8.10. The quantitative estimate of drug-likeness (QED) is 0.737. The van der Waals surface area contributed by atoms with Gasteiger partial charge in [-0.2, -0.15) is 0 Å². The monoisotopic (exact) mass is 360 g/mol. The average Bonchev–Trinajstić information content (AvgIpc) is 2.79. The Balaban J connectivity index is 1.49. The number of carbonyl (C=O) groups excluding carboxylic acids is 1. The first-order chi connectivity index (χ1) is 12.2. The van der Waals surface area contributed by atoms with Gasteiger partial charge in [0.05, 0.1) is 17.7 Å².